The number of carbonyl (C=O) groups is 1. The summed E-state index contributed by atoms with van der Waals surface area (Å²) in [7, 11) is 0. The largest absolute Gasteiger partial charge is 0.481 e. The van der Waals surface area contributed by atoms with Crippen molar-refractivity contribution in [2.45, 2.75) is 25.4 Å². The second kappa shape index (κ2) is 5.46. The van der Waals surface area contributed by atoms with Crippen molar-refractivity contribution in [2.75, 3.05) is 0 Å². The molecule has 0 saturated carbocycles. The maximum Gasteiger partial charge on any atom is 0.305 e. The Morgan fingerprint density at radius 1 is 1.40 bits per heavy atom. The lowest BCUT2D eigenvalue weighted by Gasteiger charge is -2.07. The van der Waals surface area contributed by atoms with Crippen LogP contribution in [-0.4, -0.2) is 22.3 Å². The summed E-state index contributed by atoms with van der Waals surface area (Å²) in [6, 6.07) is 6.27. The highest BCUT2D eigenvalue weighted by Crippen LogP contribution is 2.11. The van der Waals surface area contributed by atoms with Crippen LogP contribution in [0.1, 0.15) is 18.4 Å². The fourth-order valence-electron chi connectivity index (χ4n) is 1.33. The number of carboxylic acid groups (broad SMARTS) is 1. The standard InChI is InChI=1S/C11H13FO3/c12-10-4-2-1-3-8(10)5-6-9(13)7-11(14)15/h1-4,9,13H,5-7H2,(H,14,15). The van der Waals surface area contributed by atoms with Gasteiger partial charge in [0.25, 0.3) is 0 Å². The zero-order valence-electron chi connectivity index (χ0n) is 8.19. The number of rotatable bonds is 5. The van der Waals surface area contributed by atoms with Crippen LogP contribution in [0.15, 0.2) is 24.3 Å². The number of aryl methyl sites for hydroxylation is 1. The number of benzene rings is 1. The molecule has 0 aromatic heterocycles. The fraction of sp³-hybridized carbons (Fsp3) is 0.364. The lowest BCUT2D eigenvalue weighted by atomic mass is 10.0. The Kier molecular flexibility index (Phi) is 4.24. The molecule has 0 amide bonds. The van der Waals surface area contributed by atoms with Gasteiger partial charge in [0.05, 0.1) is 12.5 Å². The van der Waals surface area contributed by atoms with Crippen molar-refractivity contribution in [1.82, 2.24) is 0 Å². The summed E-state index contributed by atoms with van der Waals surface area (Å²) < 4.78 is 13.1. The van der Waals surface area contributed by atoms with Gasteiger partial charge in [-0.3, -0.25) is 4.79 Å². The molecular formula is C11H13FO3. The van der Waals surface area contributed by atoms with Crippen LogP contribution in [0.2, 0.25) is 0 Å². The van der Waals surface area contributed by atoms with Crippen LogP contribution in [0.25, 0.3) is 0 Å². The summed E-state index contributed by atoms with van der Waals surface area (Å²) in [5.41, 5.74) is 0.502. The fourth-order valence-corrected chi connectivity index (χ4v) is 1.33. The molecule has 0 bridgehead atoms. The van der Waals surface area contributed by atoms with Gasteiger partial charge < -0.3 is 10.2 Å². The van der Waals surface area contributed by atoms with Gasteiger partial charge in [-0.05, 0) is 24.5 Å². The van der Waals surface area contributed by atoms with Gasteiger partial charge >= 0.3 is 5.97 Å². The number of aliphatic hydroxyl groups is 1. The first-order chi connectivity index (χ1) is 7.09. The highest BCUT2D eigenvalue weighted by atomic mass is 19.1. The maximum atomic E-state index is 13.1. The number of aliphatic carboxylic acids is 1. The Labute approximate surface area is 87.2 Å². The molecule has 82 valence electrons. The molecule has 0 radical (unpaired) electrons. The normalized spacial score (nSPS) is 12.4. The topological polar surface area (TPSA) is 57.5 Å². The van der Waals surface area contributed by atoms with E-state index in [0.717, 1.165) is 0 Å². The van der Waals surface area contributed by atoms with Crippen molar-refractivity contribution in [2.24, 2.45) is 0 Å². The Balaban J connectivity index is 2.43. The second-order valence-corrected chi connectivity index (χ2v) is 3.38. The Hall–Kier alpha value is -1.42. The van der Waals surface area contributed by atoms with Gasteiger partial charge in [-0.25, -0.2) is 4.39 Å². The minimum Gasteiger partial charge on any atom is -0.481 e. The van der Waals surface area contributed by atoms with Crippen LogP contribution < -0.4 is 0 Å². The van der Waals surface area contributed by atoms with E-state index < -0.39 is 12.1 Å². The van der Waals surface area contributed by atoms with E-state index in [2.05, 4.69) is 0 Å². The Morgan fingerprint density at radius 2 is 2.07 bits per heavy atom. The van der Waals surface area contributed by atoms with Gasteiger partial charge in [0, 0.05) is 0 Å². The smallest absolute Gasteiger partial charge is 0.305 e. The molecule has 1 rings (SSSR count). The van der Waals surface area contributed by atoms with Crippen LogP contribution in [0.3, 0.4) is 0 Å². The summed E-state index contributed by atoms with van der Waals surface area (Å²) in [6.45, 7) is 0. The summed E-state index contributed by atoms with van der Waals surface area (Å²) in [5, 5.41) is 17.7. The Bertz CT molecular complexity index is 338. The van der Waals surface area contributed by atoms with E-state index in [-0.39, 0.29) is 18.7 Å². The molecule has 0 aliphatic rings. The van der Waals surface area contributed by atoms with Crippen LogP contribution >= 0.6 is 0 Å². The molecule has 1 aromatic rings. The predicted molar refractivity (Wildman–Crippen MR) is 53.0 cm³/mol. The van der Waals surface area contributed by atoms with Gasteiger partial charge in [-0.2, -0.15) is 0 Å². The van der Waals surface area contributed by atoms with Crippen molar-refractivity contribution >= 4 is 5.97 Å². The number of hydrogen-bond donors (Lipinski definition) is 2. The minimum absolute atomic E-state index is 0.257. The zero-order valence-corrected chi connectivity index (χ0v) is 8.19. The summed E-state index contributed by atoms with van der Waals surface area (Å²) in [6.07, 6.45) is -0.606. The first-order valence-corrected chi connectivity index (χ1v) is 4.73. The molecule has 0 aliphatic heterocycles. The minimum atomic E-state index is -1.05. The zero-order chi connectivity index (χ0) is 11.3. The SMILES string of the molecule is O=C(O)CC(O)CCc1ccccc1F. The molecular weight excluding hydrogens is 199 g/mol. The number of aliphatic hydroxyl groups excluding tert-OH is 1. The Morgan fingerprint density at radius 3 is 2.67 bits per heavy atom. The third-order valence-electron chi connectivity index (χ3n) is 2.11. The first kappa shape index (κ1) is 11.7. The van der Waals surface area contributed by atoms with Crippen LogP contribution in [0.4, 0.5) is 4.39 Å². The van der Waals surface area contributed by atoms with Crippen LogP contribution in [0.5, 0.6) is 0 Å². The van der Waals surface area contributed by atoms with E-state index in [9.17, 15) is 14.3 Å². The van der Waals surface area contributed by atoms with Gasteiger partial charge in [-0.1, -0.05) is 18.2 Å². The van der Waals surface area contributed by atoms with Crippen molar-refractivity contribution < 1.29 is 19.4 Å². The van der Waals surface area contributed by atoms with E-state index in [1.807, 2.05) is 0 Å². The molecule has 0 spiro atoms. The first-order valence-electron chi connectivity index (χ1n) is 4.73. The van der Waals surface area contributed by atoms with Crippen LogP contribution in [-0.2, 0) is 11.2 Å². The van der Waals surface area contributed by atoms with Crippen LogP contribution in [0, 0.1) is 5.82 Å². The summed E-state index contributed by atoms with van der Waals surface area (Å²) >= 11 is 0. The molecule has 4 heteroatoms. The molecule has 1 atom stereocenters. The molecule has 0 aliphatic carbocycles. The molecule has 0 saturated heterocycles. The molecule has 1 unspecified atom stereocenters. The van der Waals surface area contributed by atoms with Crippen molar-refractivity contribution in [3.05, 3.63) is 35.6 Å². The van der Waals surface area contributed by atoms with E-state index in [1.165, 1.54) is 6.07 Å². The average molecular weight is 212 g/mol. The highest BCUT2D eigenvalue weighted by Gasteiger charge is 2.10. The van der Waals surface area contributed by atoms with Gasteiger partial charge in [-0.15, -0.1) is 0 Å². The van der Waals surface area contributed by atoms with Crippen molar-refractivity contribution in [1.29, 1.82) is 0 Å². The van der Waals surface area contributed by atoms with Gasteiger partial charge in [0.1, 0.15) is 5.82 Å². The molecule has 3 nitrogen and oxygen atoms in total. The molecule has 1 aromatic carbocycles. The molecule has 15 heavy (non-hydrogen) atoms. The number of halogens is 1. The number of carboxylic acids is 1. The van der Waals surface area contributed by atoms with E-state index in [1.54, 1.807) is 18.2 Å². The van der Waals surface area contributed by atoms with Gasteiger partial charge in [0.15, 0.2) is 0 Å². The molecule has 0 fully saturated rings. The maximum absolute atomic E-state index is 13.1. The summed E-state index contributed by atoms with van der Waals surface area (Å²) in [4.78, 5) is 10.3. The highest BCUT2D eigenvalue weighted by molar-refractivity contribution is 5.67. The van der Waals surface area contributed by atoms with Crippen molar-refractivity contribution in [3.8, 4) is 0 Å². The van der Waals surface area contributed by atoms with Crippen molar-refractivity contribution in [3.63, 3.8) is 0 Å². The van der Waals surface area contributed by atoms with E-state index >= 15 is 0 Å². The lowest BCUT2D eigenvalue weighted by Crippen LogP contribution is -2.13. The monoisotopic (exact) mass is 212 g/mol. The molecule has 2 N–H and O–H groups in total. The quantitative estimate of drug-likeness (QED) is 0.779. The van der Waals surface area contributed by atoms with E-state index in [0.29, 0.717) is 12.0 Å². The predicted octanol–water partition coefficient (Wildman–Crippen LogP) is 1.59. The number of hydrogen-bond acceptors (Lipinski definition) is 2. The van der Waals surface area contributed by atoms with Gasteiger partial charge in [0.2, 0.25) is 0 Å². The summed E-state index contributed by atoms with van der Waals surface area (Å²) in [5.74, 6) is -1.36. The third kappa shape index (κ3) is 4.08. The van der Waals surface area contributed by atoms with E-state index in [4.69, 9.17) is 5.11 Å². The average Bonchev–Trinajstić information content (AvgIpc) is 2.15. The third-order valence-corrected chi connectivity index (χ3v) is 2.11. The molecule has 0 heterocycles. The second-order valence-electron chi connectivity index (χ2n) is 3.38. The lowest BCUT2D eigenvalue weighted by molar-refractivity contribution is -0.139.